The Bertz CT molecular complexity index is 721. The predicted molar refractivity (Wildman–Crippen MR) is 91.4 cm³/mol. The van der Waals surface area contributed by atoms with E-state index in [0.717, 1.165) is 17.6 Å². The quantitative estimate of drug-likeness (QED) is 0.653. The summed E-state index contributed by atoms with van der Waals surface area (Å²) in [7, 11) is -3.22. The highest BCUT2D eigenvalue weighted by molar-refractivity contribution is 7.90. The third-order valence-electron chi connectivity index (χ3n) is 3.64. The van der Waals surface area contributed by atoms with Crippen LogP contribution in [0.25, 0.3) is 0 Å². The Morgan fingerprint density at radius 3 is 2.67 bits per heavy atom. The maximum absolute atomic E-state index is 12.0. The molecule has 24 heavy (non-hydrogen) atoms. The lowest BCUT2D eigenvalue weighted by molar-refractivity contribution is 0.0950. The molecule has 1 aliphatic rings. The first-order chi connectivity index (χ1) is 11.2. The van der Waals surface area contributed by atoms with Crippen molar-refractivity contribution in [1.82, 2.24) is 15.5 Å². The molecule has 3 N–H and O–H groups in total. The summed E-state index contributed by atoms with van der Waals surface area (Å²) in [5.74, 6) is -0.749. The molecule has 1 aromatic rings. The topological polar surface area (TPSA) is 116 Å². The van der Waals surface area contributed by atoms with E-state index in [1.165, 1.54) is 4.90 Å². The van der Waals surface area contributed by atoms with E-state index >= 15 is 0 Å². The number of sulfone groups is 1. The molecular formula is C13H18ClN3O5S2. The van der Waals surface area contributed by atoms with Crippen LogP contribution in [0.1, 0.15) is 9.67 Å². The van der Waals surface area contributed by atoms with E-state index in [4.69, 9.17) is 16.7 Å². The van der Waals surface area contributed by atoms with Gasteiger partial charge in [0.05, 0.1) is 15.1 Å². The molecule has 0 bridgehead atoms. The monoisotopic (exact) mass is 395 g/mol. The van der Waals surface area contributed by atoms with Gasteiger partial charge >= 0.3 is 6.09 Å². The molecule has 1 aromatic heterocycles. The number of nitrogens with zero attached hydrogens (tertiary/aromatic N) is 1. The van der Waals surface area contributed by atoms with E-state index in [9.17, 15) is 18.0 Å². The Hall–Kier alpha value is -1.36. The molecule has 0 saturated carbocycles. The Labute approximate surface area is 148 Å². The van der Waals surface area contributed by atoms with E-state index in [1.807, 2.05) is 0 Å². The van der Waals surface area contributed by atoms with Gasteiger partial charge in [0, 0.05) is 37.8 Å². The van der Waals surface area contributed by atoms with Crippen LogP contribution < -0.4 is 10.6 Å². The van der Waals surface area contributed by atoms with E-state index in [2.05, 4.69) is 10.6 Å². The van der Waals surface area contributed by atoms with Crippen molar-refractivity contribution >= 4 is 44.8 Å². The molecule has 134 valence electrons. The first kappa shape index (κ1) is 19.0. The summed E-state index contributed by atoms with van der Waals surface area (Å²) in [5, 5.41) is 14.7. The first-order valence-corrected chi connectivity index (χ1v) is 10.3. The van der Waals surface area contributed by atoms with Gasteiger partial charge in [0.1, 0.15) is 0 Å². The van der Waals surface area contributed by atoms with Gasteiger partial charge in [-0.3, -0.25) is 10.1 Å². The molecule has 0 aliphatic carbocycles. The molecule has 1 saturated heterocycles. The zero-order valence-corrected chi connectivity index (χ0v) is 15.2. The number of carbonyl (C=O) groups is 2. The van der Waals surface area contributed by atoms with Crippen LogP contribution in [0.15, 0.2) is 12.1 Å². The molecular weight excluding hydrogens is 378 g/mol. The molecule has 1 unspecified atom stereocenters. The van der Waals surface area contributed by atoms with Gasteiger partial charge in [-0.15, -0.1) is 11.3 Å². The van der Waals surface area contributed by atoms with E-state index in [-0.39, 0.29) is 43.4 Å². The van der Waals surface area contributed by atoms with Crippen LogP contribution in [0.2, 0.25) is 4.34 Å². The summed E-state index contributed by atoms with van der Waals surface area (Å²) in [4.78, 5) is 24.9. The van der Waals surface area contributed by atoms with Gasteiger partial charge in [0.15, 0.2) is 9.84 Å². The predicted octanol–water partition coefficient (Wildman–Crippen LogP) is 0.701. The fraction of sp³-hybridized carbons (Fsp3) is 0.538. The van der Waals surface area contributed by atoms with Crippen molar-refractivity contribution in [3.8, 4) is 0 Å². The van der Waals surface area contributed by atoms with E-state index in [0.29, 0.717) is 9.21 Å². The first-order valence-electron chi connectivity index (χ1n) is 7.08. The third kappa shape index (κ3) is 5.33. The summed E-state index contributed by atoms with van der Waals surface area (Å²) < 4.78 is 23.1. The SMILES string of the molecule is CS(=O)(=O)CN[C@H]1CN(C(=O)O)CC1CNC(=O)c1ccc(Cl)s1. The minimum Gasteiger partial charge on any atom is -0.465 e. The summed E-state index contributed by atoms with van der Waals surface area (Å²) in [6.45, 7) is 0.637. The van der Waals surface area contributed by atoms with Crippen molar-refractivity contribution in [1.29, 1.82) is 0 Å². The van der Waals surface area contributed by atoms with E-state index < -0.39 is 15.9 Å². The molecule has 8 nitrogen and oxygen atoms in total. The molecule has 2 atom stereocenters. The Balaban J connectivity index is 1.96. The number of nitrogens with one attached hydrogen (secondary N) is 2. The van der Waals surface area contributed by atoms with Crippen molar-refractivity contribution in [3.05, 3.63) is 21.3 Å². The largest absolute Gasteiger partial charge is 0.465 e. The lowest BCUT2D eigenvalue weighted by atomic mass is 10.0. The average Bonchev–Trinajstić information content (AvgIpc) is 3.08. The standard InChI is InChI=1S/C13H18ClN3O5S2/c1-24(21,22)7-16-9-6-17(13(19)20)5-8(9)4-15-12(18)10-2-3-11(14)23-10/h2-3,8-9,16H,4-7H2,1H3,(H,15,18)(H,19,20)/t8?,9-/m0/s1. The van der Waals surface area contributed by atoms with Crippen LogP contribution in [-0.4, -0.2) is 68.2 Å². The van der Waals surface area contributed by atoms with Crippen LogP contribution >= 0.6 is 22.9 Å². The Kier molecular flexibility index (Phi) is 6.07. The van der Waals surface area contributed by atoms with Crippen molar-refractivity contribution in [2.24, 2.45) is 5.92 Å². The van der Waals surface area contributed by atoms with Gasteiger partial charge < -0.3 is 15.3 Å². The number of amides is 2. The molecule has 0 radical (unpaired) electrons. The zero-order chi connectivity index (χ0) is 17.9. The highest BCUT2D eigenvalue weighted by atomic mass is 35.5. The summed E-state index contributed by atoms with van der Waals surface area (Å²) in [5.41, 5.74) is 0. The van der Waals surface area contributed by atoms with Crippen molar-refractivity contribution < 1.29 is 23.1 Å². The minimum absolute atomic E-state index is 0.177. The summed E-state index contributed by atoms with van der Waals surface area (Å²) in [6, 6.07) is 2.89. The second-order valence-electron chi connectivity index (χ2n) is 5.64. The number of carboxylic acid groups (broad SMARTS) is 1. The number of thiophene rings is 1. The van der Waals surface area contributed by atoms with E-state index in [1.54, 1.807) is 12.1 Å². The number of carbonyl (C=O) groups excluding carboxylic acids is 1. The highest BCUT2D eigenvalue weighted by Crippen LogP contribution is 2.22. The molecule has 2 heterocycles. The maximum atomic E-state index is 12.0. The van der Waals surface area contributed by atoms with Crippen LogP contribution in [-0.2, 0) is 9.84 Å². The van der Waals surface area contributed by atoms with Crippen LogP contribution in [0.3, 0.4) is 0 Å². The van der Waals surface area contributed by atoms with Gasteiger partial charge in [-0.1, -0.05) is 11.6 Å². The molecule has 1 aliphatic heterocycles. The summed E-state index contributed by atoms with van der Waals surface area (Å²) in [6.07, 6.45) is 0.0290. The van der Waals surface area contributed by atoms with Crippen molar-refractivity contribution in [3.63, 3.8) is 0 Å². The van der Waals surface area contributed by atoms with Crippen molar-refractivity contribution in [2.45, 2.75) is 6.04 Å². The van der Waals surface area contributed by atoms with Gasteiger partial charge in [0.25, 0.3) is 5.91 Å². The second-order valence-corrected chi connectivity index (χ2v) is 9.50. The smallest absolute Gasteiger partial charge is 0.407 e. The number of rotatable bonds is 6. The molecule has 0 aromatic carbocycles. The zero-order valence-electron chi connectivity index (χ0n) is 12.9. The fourth-order valence-corrected chi connectivity index (χ4v) is 3.95. The number of likely N-dealkylation sites (tertiary alicyclic amines) is 1. The maximum Gasteiger partial charge on any atom is 0.407 e. The number of halogens is 1. The molecule has 2 amide bonds. The Morgan fingerprint density at radius 2 is 2.12 bits per heavy atom. The van der Waals surface area contributed by atoms with Crippen LogP contribution in [0, 0.1) is 5.92 Å². The summed E-state index contributed by atoms with van der Waals surface area (Å²) >= 11 is 6.94. The lowest BCUT2D eigenvalue weighted by Crippen LogP contribution is -2.43. The normalized spacial score (nSPS) is 21.0. The molecule has 1 fully saturated rings. The third-order valence-corrected chi connectivity index (χ3v) is 5.56. The average molecular weight is 396 g/mol. The van der Waals surface area contributed by atoms with Crippen molar-refractivity contribution in [2.75, 3.05) is 31.8 Å². The van der Waals surface area contributed by atoms with Gasteiger partial charge in [0.2, 0.25) is 0 Å². The second kappa shape index (κ2) is 7.68. The fourth-order valence-electron chi connectivity index (χ4n) is 2.47. The molecule has 11 heteroatoms. The molecule has 2 rings (SSSR count). The number of hydrogen-bond acceptors (Lipinski definition) is 6. The number of hydrogen-bond donors (Lipinski definition) is 3. The van der Waals surface area contributed by atoms with Gasteiger partial charge in [-0.2, -0.15) is 0 Å². The van der Waals surface area contributed by atoms with Gasteiger partial charge in [-0.25, -0.2) is 13.2 Å². The highest BCUT2D eigenvalue weighted by Gasteiger charge is 2.35. The van der Waals surface area contributed by atoms with Gasteiger partial charge in [-0.05, 0) is 12.1 Å². The minimum atomic E-state index is -3.22. The van der Waals surface area contributed by atoms with Crippen LogP contribution in [0.4, 0.5) is 4.79 Å². The van der Waals surface area contributed by atoms with Crippen LogP contribution in [0.5, 0.6) is 0 Å². The molecule has 0 spiro atoms. The lowest BCUT2D eigenvalue weighted by Gasteiger charge is -2.19. The Morgan fingerprint density at radius 1 is 1.42 bits per heavy atom.